The summed E-state index contributed by atoms with van der Waals surface area (Å²) in [6.45, 7) is 5.36. The highest BCUT2D eigenvalue weighted by Gasteiger charge is 2.24. The van der Waals surface area contributed by atoms with Gasteiger partial charge < -0.3 is 4.74 Å². The molecule has 0 amide bonds. The minimum atomic E-state index is 0.520. The summed E-state index contributed by atoms with van der Waals surface area (Å²) in [4.78, 5) is 9.42. The number of aromatic nitrogens is 2. The molecule has 1 saturated carbocycles. The molecule has 1 heterocycles. The van der Waals surface area contributed by atoms with Crippen molar-refractivity contribution in [2.45, 2.75) is 122 Å². The molecule has 1 fully saturated rings. The molecule has 0 atom stereocenters. The Balaban J connectivity index is 1.30. The molecule has 2 aromatic rings. The molecule has 0 bridgehead atoms. The number of aryl methyl sites for hydroxylation is 2. The van der Waals surface area contributed by atoms with Crippen LogP contribution in [0, 0.1) is 5.92 Å². The number of ether oxygens (including phenoxy) is 1. The molecule has 3 nitrogen and oxygen atoms in total. The van der Waals surface area contributed by atoms with Crippen molar-refractivity contribution in [1.82, 2.24) is 9.97 Å². The maximum absolute atomic E-state index is 6.15. The maximum atomic E-state index is 6.15. The van der Waals surface area contributed by atoms with E-state index in [1.165, 1.54) is 107 Å². The number of hydrogen-bond donors (Lipinski definition) is 0. The molecule has 0 N–H and O–H groups in total. The van der Waals surface area contributed by atoms with Crippen LogP contribution in [0.5, 0.6) is 5.75 Å². The van der Waals surface area contributed by atoms with Crippen LogP contribution in [0.25, 0.3) is 0 Å². The Labute approximate surface area is 209 Å². The van der Waals surface area contributed by atoms with Gasteiger partial charge in [0.15, 0.2) is 0 Å². The van der Waals surface area contributed by atoms with Crippen LogP contribution in [0.15, 0.2) is 36.7 Å². The third kappa shape index (κ3) is 9.76. The second-order valence-electron chi connectivity index (χ2n) is 10.5. The third-order valence-corrected chi connectivity index (χ3v) is 7.48. The molecule has 0 saturated heterocycles. The van der Waals surface area contributed by atoms with Crippen molar-refractivity contribution >= 4 is 0 Å². The van der Waals surface area contributed by atoms with Crippen LogP contribution in [0.1, 0.15) is 127 Å². The van der Waals surface area contributed by atoms with Gasteiger partial charge in [-0.2, -0.15) is 0 Å². The van der Waals surface area contributed by atoms with E-state index in [0.29, 0.717) is 11.8 Å². The lowest BCUT2D eigenvalue weighted by molar-refractivity contribution is 0.198. The molecule has 3 heteroatoms. The summed E-state index contributed by atoms with van der Waals surface area (Å²) in [5.74, 6) is 3.24. The number of rotatable bonds is 16. The lowest BCUT2D eigenvalue weighted by Gasteiger charge is -2.27. The predicted molar refractivity (Wildman–Crippen MR) is 144 cm³/mol. The minimum absolute atomic E-state index is 0.520. The molecule has 1 aromatic carbocycles. The van der Waals surface area contributed by atoms with Gasteiger partial charge in [-0.25, -0.2) is 9.97 Å². The van der Waals surface area contributed by atoms with Gasteiger partial charge in [-0.15, -0.1) is 0 Å². The summed E-state index contributed by atoms with van der Waals surface area (Å²) in [7, 11) is 0. The lowest BCUT2D eigenvalue weighted by Crippen LogP contribution is -2.20. The third-order valence-electron chi connectivity index (χ3n) is 7.48. The predicted octanol–water partition coefficient (Wildman–Crippen LogP) is 8.86. The standard InChI is InChI=1S/C31H48N2O/c1-3-5-7-8-9-10-12-13-26-17-21-30(22-18-26)34-25-27-15-19-29(20-16-27)31-32-23-28(24-33-31)14-11-6-4-2/h17-18,21-24,27,29H,3-16,19-20,25H2,1-2H3. The highest BCUT2D eigenvalue weighted by atomic mass is 16.5. The summed E-state index contributed by atoms with van der Waals surface area (Å²) in [6.07, 6.45) is 24.6. The number of hydrogen-bond acceptors (Lipinski definition) is 3. The average Bonchev–Trinajstić information content (AvgIpc) is 2.88. The molecule has 0 unspecified atom stereocenters. The van der Waals surface area contributed by atoms with E-state index in [9.17, 15) is 0 Å². The summed E-state index contributed by atoms with van der Waals surface area (Å²) in [5, 5.41) is 0. The van der Waals surface area contributed by atoms with E-state index in [1.807, 2.05) is 0 Å². The number of unbranched alkanes of at least 4 members (excludes halogenated alkanes) is 8. The molecule has 0 radical (unpaired) electrons. The fraction of sp³-hybridized carbons (Fsp3) is 0.677. The normalized spacial score (nSPS) is 18.2. The van der Waals surface area contributed by atoms with E-state index in [4.69, 9.17) is 14.7 Å². The largest absolute Gasteiger partial charge is 0.493 e. The monoisotopic (exact) mass is 464 g/mol. The zero-order valence-electron chi connectivity index (χ0n) is 21.9. The van der Waals surface area contributed by atoms with Crippen molar-refractivity contribution in [2.24, 2.45) is 5.92 Å². The van der Waals surface area contributed by atoms with Crippen molar-refractivity contribution in [3.63, 3.8) is 0 Å². The van der Waals surface area contributed by atoms with Crippen molar-refractivity contribution in [3.8, 4) is 5.75 Å². The Morgan fingerprint density at radius 1 is 0.676 bits per heavy atom. The van der Waals surface area contributed by atoms with E-state index in [1.54, 1.807) is 0 Å². The highest BCUT2D eigenvalue weighted by Crippen LogP contribution is 2.34. The summed E-state index contributed by atoms with van der Waals surface area (Å²) in [6, 6.07) is 8.84. The second-order valence-corrected chi connectivity index (χ2v) is 10.5. The maximum Gasteiger partial charge on any atom is 0.131 e. The topological polar surface area (TPSA) is 35.0 Å². The molecule has 3 rings (SSSR count). The molecule has 34 heavy (non-hydrogen) atoms. The summed E-state index contributed by atoms with van der Waals surface area (Å²) in [5.41, 5.74) is 2.73. The Hall–Kier alpha value is -1.90. The SMILES string of the molecule is CCCCCCCCCc1ccc(OCC2CCC(c3ncc(CCCCC)cn3)CC2)cc1. The molecular weight excluding hydrogens is 416 g/mol. The van der Waals surface area contributed by atoms with Crippen LogP contribution in [-0.4, -0.2) is 16.6 Å². The van der Waals surface area contributed by atoms with Gasteiger partial charge in [0.2, 0.25) is 0 Å². The van der Waals surface area contributed by atoms with Crippen LogP contribution in [-0.2, 0) is 12.8 Å². The first kappa shape index (κ1) is 26.7. The zero-order chi connectivity index (χ0) is 23.8. The summed E-state index contributed by atoms with van der Waals surface area (Å²) < 4.78 is 6.15. The molecular formula is C31H48N2O. The van der Waals surface area contributed by atoms with Gasteiger partial charge in [0.25, 0.3) is 0 Å². The van der Waals surface area contributed by atoms with E-state index in [2.05, 4.69) is 50.5 Å². The van der Waals surface area contributed by atoms with Crippen molar-refractivity contribution in [1.29, 1.82) is 0 Å². The Morgan fingerprint density at radius 2 is 1.24 bits per heavy atom. The van der Waals surface area contributed by atoms with E-state index < -0.39 is 0 Å². The molecule has 1 aliphatic carbocycles. The Bertz CT molecular complexity index is 763. The van der Waals surface area contributed by atoms with E-state index in [0.717, 1.165) is 24.6 Å². The van der Waals surface area contributed by atoms with Crippen molar-refractivity contribution in [3.05, 3.63) is 53.6 Å². The highest BCUT2D eigenvalue weighted by molar-refractivity contribution is 5.27. The van der Waals surface area contributed by atoms with Crippen LogP contribution in [0.4, 0.5) is 0 Å². The van der Waals surface area contributed by atoms with Crippen LogP contribution < -0.4 is 4.74 Å². The number of benzene rings is 1. The van der Waals surface area contributed by atoms with Crippen molar-refractivity contribution < 1.29 is 4.74 Å². The molecule has 1 aliphatic rings. The smallest absolute Gasteiger partial charge is 0.131 e. The quantitative estimate of drug-likeness (QED) is 0.233. The zero-order valence-corrected chi connectivity index (χ0v) is 21.9. The van der Waals surface area contributed by atoms with Crippen LogP contribution in [0.2, 0.25) is 0 Å². The molecule has 0 spiro atoms. The van der Waals surface area contributed by atoms with Crippen molar-refractivity contribution in [2.75, 3.05) is 6.61 Å². The summed E-state index contributed by atoms with van der Waals surface area (Å²) >= 11 is 0. The van der Waals surface area contributed by atoms with Crippen LogP contribution >= 0.6 is 0 Å². The first-order valence-corrected chi connectivity index (χ1v) is 14.3. The Kier molecular flexibility index (Phi) is 12.5. The lowest BCUT2D eigenvalue weighted by atomic mass is 9.82. The fourth-order valence-electron chi connectivity index (χ4n) is 5.12. The van der Waals surface area contributed by atoms with E-state index >= 15 is 0 Å². The second kappa shape index (κ2) is 15.9. The molecule has 188 valence electrons. The van der Waals surface area contributed by atoms with Gasteiger partial charge in [-0.1, -0.05) is 77.3 Å². The Morgan fingerprint density at radius 3 is 1.91 bits per heavy atom. The van der Waals surface area contributed by atoms with Gasteiger partial charge in [0.05, 0.1) is 6.61 Å². The van der Waals surface area contributed by atoms with Gasteiger partial charge in [-0.3, -0.25) is 0 Å². The van der Waals surface area contributed by atoms with E-state index in [-0.39, 0.29) is 0 Å². The minimum Gasteiger partial charge on any atom is -0.493 e. The first-order chi connectivity index (χ1) is 16.8. The van der Waals surface area contributed by atoms with Gasteiger partial charge in [-0.05, 0) is 80.5 Å². The number of nitrogens with zero attached hydrogens (tertiary/aromatic N) is 2. The van der Waals surface area contributed by atoms with Gasteiger partial charge >= 0.3 is 0 Å². The van der Waals surface area contributed by atoms with Gasteiger partial charge in [0, 0.05) is 18.3 Å². The first-order valence-electron chi connectivity index (χ1n) is 14.3. The fourth-order valence-corrected chi connectivity index (χ4v) is 5.12. The molecule has 0 aliphatic heterocycles. The average molecular weight is 465 g/mol. The molecule has 1 aromatic heterocycles. The van der Waals surface area contributed by atoms with Crippen LogP contribution in [0.3, 0.4) is 0 Å². The van der Waals surface area contributed by atoms with Gasteiger partial charge in [0.1, 0.15) is 11.6 Å².